The van der Waals surface area contributed by atoms with E-state index in [0.717, 1.165) is 5.76 Å². The molecule has 0 fully saturated rings. The van der Waals surface area contributed by atoms with Gasteiger partial charge in [0.2, 0.25) is 0 Å². The van der Waals surface area contributed by atoms with E-state index in [1.807, 2.05) is 6.92 Å². The third-order valence-electron chi connectivity index (χ3n) is 2.44. The molecule has 1 aromatic heterocycles. The zero-order valence-corrected chi connectivity index (χ0v) is 12.2. The molecule has 0 saturated carbocycles. The normalized spacial score (nSPS) is 12.8. The first-order chi connectivity index (χ1) is 9.21. The predicted molar refractivity (Wildman–Crippen MR) is 72.4 cm³/mol. The average molecular weight is 283 g/mol. The van der Waals surface area contributed by atoms with Gasteiger partial charge in [-0.2, -0.15) is 0 Å². The lowest BCUT2D eigenvalue weighted by Crippen LogP contribution is -2.35. The molecular formula is C14H21NO5. The molecule has 0 aromatic carbocycles. The molecule has 112 valence electrons. The number of hydrogen-bond acceptors (Lipinski definition) is 4. The van der Waals surface area contributed by atoms with Crippen molar-refractivity contribution in [3.8, 4) is 0 Å². The fourth-order valence-electron chi connectivity index (χ4n) is 1.62. The van der Waals surface area contributed by atoms with Crippen LogP contribution in [0.4, 0.5) is 4.79 Å². The molecule has 1 unspecified atom stereocenters. The summed E-state index contributed by atoms with van der Waals surface area (Å²) >= 11 is 0. The second-order valence-electron chi connectivity index (χ2n) is 5.45. The summed E-state index contributed by atoms with van der Waals surface area (Å²) in [4.78, 5) is 22.6. The molecule has 1 atom stereocenters. The van der Waals surface area contributed by atoms with Gasteiger partial charge in [-0.3, -0.25) is 4.79 Å². The highest BCUT2D eigenvalue weighted by atomic mass is 16.6. The van der Waals surface area contributed by atoms with Gasteiger partial charge in [0, 0.05) is 6.42 Å². The molecule has 20 heavy (non-hydrogen) atoms. The minimum atomic E-state index is -1.03. The monoisotopic (exact) mass is 283 g/mol. The zero-order valence-electron chi connectivity index (χ0n) is 12.2. The number of aliphatic carboxylic acids is 1. The molecule has 0 spiro atoms. The van der Waals surface area contributed by atoms with Crippen LogP contribution in [0.5, 0.6) is 0 Å². The van der Waals surface area contributed by atoms with Crippen molar-refractivity contribution in [3.63, 3.8) is 0 Å². The highest BCUT2D eigenvalue weighted by Gasteiger charge is 2.24. The van der Waals surface area contributed by atoms with E-state index >= 15 is 0 Å². The number of furan rings is 1. The first kappa shape index (κ1) is 16.1. The molecule has 6 nitrogen and oxygen atoms in total. The summed E-state index contributed by atoms with van der Waals surface area (Å²) in [5.41, 5.74) is -0.643. The van der Waals surface area contributed by atoms with Crippen LogP contribution in [0, 0.1) is 0 Å². The van der Waals surface area contributed by atoms with Crippen LogP contribution in [0.3, 0.4) is 0 Å². The van der Waals surface area contributed by atoms with Crippen molar-refractivity contribution in [3.05, 3.63) is 23.7 Å². The van der Waals surface area contributed by atoms with Crippen molar-refractivity contribution in [1.82, 2.24) is 5.32 Å². The van der Waals surface area contributed by atoms with Crippen LogP contribution < -0.4 is 5.32 Å². The van der Waals surface area contributed by atoms with Crippen LogP contribution in [-0.2, 0) is 16.0 Å². The highest BCUT2D eigenvalue weighted by Crippen LogP contribution is 2.21. The Hall–Kier alpha value is -1.98. The Morgan fingerprint density at radius 1 is 1.40 bits per heavy atom. The Bertz CT molecular complexity index is 472. The second-order valence-corrected chi connectivity index (χ2v) is 5.45. The predicted octanol–water partition coefficient (Wildman–Crippen LogP) is 2.88. The maximum absolute atomic E-state index is 11.7. The average Bonchev–Trinajstić information content (AvgIpc) is 2.73. The van der Waals surface area contributed by atoms with Gasteiger partial charge in [-0.05, 0) is 32.9 Å². The Morgan fingerprint density at radius 3 is 2.50 bits per heavy atom. The van der Waals surface area contributed by atoms with Crippen molar-refractivity contribution in [2.75, 3.05) is 0 Å². The van der Waals surface area contributed by atoms with Crippen molar-refractivity contribution < 1.29 is 23.8 Å². The lowest BCUT2D eigenvalue weighted by molar-refractivity contribution is -0.137. The Kier molecular flexibility index (Phi) is 5.19. The van der Waals surface area contributed by atoms with E-state index in [1.54, 1.807) is 32.9 Å². The molecule has 0 aliphatic heterocycles. The van der Waals surface area contributed by atoms with Crippen LogP contribution >= 0.6 is 0 Å². The number of carbonyl (C=O) groups excluding carboxylic acids is 1. The van der Waals surface area contributed by atoms with Crippen LogP contribution in [0.15, 0.2) is 16.5 Å². The van der Waals surface area contributed by atoms with Gasteiger partial charge < -0.3 is 19.6 Å². The summed E-state index contributed by atoms with van der Waals surface area (Å²) in [6.45, 7) is 7.14. The molecular weight excluding hydrogens is 262 g/mol. The number of carboxylic acid groups (broad SMARTS) is 1. The maximum Gasteiger partial charge on any atom is 0.408 e. The minimum absolute atomic E-state index is 0.268. The smallest absolute Gasteiger partial charge is 0.408 e. The summed E-state index contributed by atoms with van der Waals surface area (Å²) in [5.74, 6) is 0.122. The first-order valence-corrected chi connectivity index (χ1v) is 6.51. The maximum atomic E-state index is 11.7. The molecule has 1 heterocycles. The van der Waals surface area contributed by atoms with Crippen molar-refractivity contribution in [1.29, 1.82) is 0 Å². The number of nitrogens with one attached hydrogen (secondary N) is 1. The van der Waals surface area contributed by atoms with Crippen LogP contribution in [-0.4, -0.2) is 22.8 Å². The van der Waals surface area contributed by atoms with E-state index in [1.165, 1.54) is 0 Å². The molecule has 0 radical (unpaired) electrons. The molecule has 0 saturated heterocycles. The fourth-order valence-corrected chi connectivity index (χ4v) is 1.62. The molecule has 1 aromatic rings. The standard InChI is InChI=1S/C14H21NO5/c1-5-9-6-7-11(19-9)10(8-12(16)17)15-13(18)20-14(2,3)4/h6-7,10H,5,8H2,1-4H3,(H,15,18)(H,16,17). The number of rotatable bonds is 5. The third kappa shape index (κ3) is 5.34. The van der Waals surface area contributed by atoms with Gasteiger partial charge in [0.05, 0.1) is 6.42 Å². The number of aryl methyl sites for hydroxylation is 1. The minimum Gasteiger partial charge on any atom is -0.481 e. The summed E-state index contributed by atoms with van der Waals surface area (Å²) in [7, 11) is 0. The summed E-state index contributed by atoms with van der Waals surface area (Å²) in [6.07, 6.45) is -0.236. The van der Waals surface area contributed by atoms with E-state index in [0.29, 0.717) is 12.2 Å². The van der Waals surface area contributed by atoms with E-state index in [-0.39, 0.29) is 6.42 Å². The van der Waals surface area contributed by atoms with Gasteiger partial charge in [-0.15, -0.1) is 0 Å². The Morgan fingerprint density at radius 2 is 2.05 bits per heavy atom. The highest BCUT2D eigenvalue weighted by molar-refractivity contribution is 5.71. The van der Waals surface area contributed by atoms with Crippen molar-refractivity contribution in [2.24, 2.45) is 0 Å². The van der Waals surface area contributed by atoms with Gasteiger partial charge in [-0.25, -0.2) is 4.79 Å². The van der Waals surface area contributed by atoms with E-state index in [2.05, 4.69) is 5.32 Å². The summed E-state index contributed by atoms with van der Waals surface area (Å²) < 4.78 is 10.6. The Balaban J connectivity index is 2.79. The van der Waals surface area contributed by atoms with E-state index < -0.39 is 23.7 Å². The quantitative estimate of drug-likeness (QED) is 0.867. The lowest BCUT2D eigenvalue weighted by Gasteiger charge is -2.22. The number of amides is 1. The number of alkyl carbamates (subject to hydrolysis) is 1. The molecule has 0 bridgehead atoms. The summed E-state index contributed by atoms with van der Waals surface area (Å²) in [6, 6.07) is 2.69. The fraction of sp³-hybridized carbons (Fsp3) is 0.571. The SMILES string of the molecule is CCc1ccc(C(CC(=O)O)NC(=O)OC(C)(C)C)o1. The van der Waals surface area contributed by atoms with E-state index in [4.69, 9.17) is 14.3 Å². The molecule has 0 aliphatic rings. The van der Waals surface area contributed by atoms with E-state index in [9.17, 15) is 9.59 Å². The molecule has 6 heteroatoms. The van der Waals surface area contributed by atoms with Gasteiger partial charge >= 0.3 is 12.1 Å². The van der Waals surface area contributed by atoms with Crippen molar-refractivity contribution in [2.45, 2.75) is 52.2 Å². The van der Waals surface area contributed by atoms with Gasteiger partial charge in [0.15, 0.2) is 0 Å². The van der Waals surface area contributed by atoms with Crippen LogP contribution in [0.2, 0.25) is 0 Å². The van der Waals surface area contributed by atoms with Crippen molar-refractivity contribution >= 4 is 12.1 Å². The van der Waals surface area contributed by atoms with Gasteiger partial charge in [-0.1, -0.05) is 6.92 Å². The van der Waals surface area contributed by atoms with Crippen LogP contribution in [0.1, 0.15) is 51.7 Å². The van der Waals surface area contributed by atoms with Gasteiger partial charge in [0.25, 0.3) is 0 Å². The number of carboxylic acids is 1. The number of carbonyl (C=O) groups is 2. The van der Waals surface area contributed by atoms with Gasteiger partial charge in [0.1, 0.15) is 23.2 Å². The molecule has 1 rings (SSSR count). The molecule has 1 amide bonds. The topological polar surface area (TPSA) is 88.8 Å². The number of ether oxygens (including phenoxy) is 1. The second kappa shape index (κ2) is 6.45. The largest absolute Gasteiger partial charge is 0.481 e. The molecule has 0 aliphatic carbocycles. The van der Waals surface area contributed by atoms with Crippen LogP contribution in [0.25, 0.3) is 0 Å². The zero-order chi connectivity index (χ0) is 15.3. The number of hydrogen-bond donors (Lipinski definition) is 2. The third-order valence-corrected chi connectivity index (χ3v) is 2.44. The first-order valence-electron chi connectivity index (χ1n) is 6.51. The molecule has 2 N–H and O–H groups in total. The summed E-state index contributed by atoms with van der Waals surface area (Å²) in [5, 5.41) is 11.4. The Labute approximate surface area is 118 Å². The lowest BCUT2D eigenvalue weighted by atomic mass is 10.1.